The number of aryl methyl sites for hydroxylation is 1. The molecule has 0 spiro atoms. The lowest BCUT2D eigenvalue weighted by atomic mass is 10.2. The van der Waals surface area contributed by atoms with Gasteiger partial charge in [0.05, 0.1) is 6.26 Å². The minimum absolute atomic E-state index is 0.876. The molecule has 3 aromatic carbocycles. The lowest BCUT2D eigenvalue weighted by Crippen LogP contribution is -2.34. The summed E-state index contributed by atoms with van der Waals surface area (Å²) in [7, 11) is -6.49. The van der Waals surface area contributed by atoms with Gasteiger partial charge in [0, 0.05) is 0 Å². The van der Waals surface area contributed by atoms with E-state index in [1.807, 2.05) is 84.9 Å². The van der Waals surface area contributed by atoms with Crippen molar-refractivity contribution < 1.29 is 12.4 Å². The molecule has 0 aliphatic carbocycles. The molecule has 0 bridgehead atoms. The van der Waals surface area contributed by atoms with Crippen molar-refractivity contribution in [2.75, 3.05) is 6.26 Å². The van der Waals surface area contributed by atoms with E-state index >= 15 is 0 Å². The van der Waals surface area contributed by atoms with E-state index in [4.69, 9.17) is 3.97 Å². The summed E-state index contributed by atoms with van der Waals surface area (Å²) in [6.07, 6.45) is 2.05. The quantitative estimate of drug-likeness (QED) is 0.611. The molecule has 26 heavy (non-hydrogen) atoms. The van der Waals surface area contributed by atoms with Crippen LogP contribution >= 0.6 is 7.49 Å². The average molecular weight is 385 g/mol. The zero-order valence-corrected chi connectivity index (χ0v) is 16.6. The molecule has 3 aromatic rings. The lowest BCUT2D eigenvalue weighted by molar-refractivity contribution is 0.517. The fourth-order valence-corrected chi connectivity index (χ4v) is 8.30. The van der Waals surface area contributed by atoms with E-state index in [1.165, 1.54) is 5.56 Å². The van der Waals surface area contributed by atoms with Crippen LogP contribution in [0, 0.1) is 0 Å². The first-order valence-corrected chi connectivity index (χ1v) is 12.0. The van der Waals surface area contributed by atoms with Crippen LogP contribution in [-0.2, 0) is 20.5 Å². The smallest absolute Gasteiger partial charge is 0.197 e. The van der Waals surface area contributed by atoms with Crippen molar-refractivity contribution in [3.63, 3.8) is 0 Å². The second-order valence-electron chi connectivity index (χ2n) is 6.08. The van der Waals surface area contributed by atoms with Gasteiger partial charge in [-0.3, -0.25) is 0 Å². The molecule has 0 aromatic heterocycles. The van der Waals surface area contributed by atoms with E-state index in [2.05, 4.69) is 6.92 Å². The maximum absolute atomic E-state index is 12.3. The van der Waals surface area contributed by atoms with E-state index in [-0.39, 0.29) is 0 Å². The Morgan fingerprint density at radius 1 is 0.731 bits per heavy atom. The zero-order chi connectivity index (χ0) is 18.6. The van der Waals surface area contributed by atoms with Crippen LogP contribution in [0.2, 0.25) is 0 Å². The molecule has 0 aliphatic heterocycles. The van der Waals surface area contributed by atoms with Crippen molar-refractivity contribution in [1.29, 1.82) is 0 Å². The summed E-state index contributed by atoms with van der Waals surface area (Å²) in [5, 5.41) is 2.64. The monoisotopic (exact) mass is 385 g/mol. The highest BCUT2D eigenvalue weighted by atomic mass is 32.2. The number of hydrogen-bond donors (Lipinski definition) is 0. The lowest BCUT2D eigenvalue weighted by Gasteiger charge is -2.24. The first-order chi connectivity index (χ1) is 12.5. The van der Waals surface area contributed by atoms with E-state index < -0.39 is 17.6 Å². The molecule has 0 saturated heterocycles. The molecule has 0 N–H and O–H groups in total. The van der Waals surface area contributed by atoms with Gasteiger partial charge in [0.1, 0.15) is 15.9 Å². The SMILES string of the molecule is CCc1ccc([P+](OS(C)(=O)=O)(c2ccccc2)c2ccccc2)cc1. The van der Waals surface area contributed by atoms with Crippen LogP contribution in [0.3, 0.4) is 0 Å². The Bertz CT molecular complexity index is 914. The molecule has 0 saturated carbocycles. The van der Waals surface area contributed by atoms with Crippen molar-refractivity contribution in [3.8, 4) is 0 Å². The third-order valence-corrected chi connectivity index (χ3v) is 9.25. The third-order valence-electron chi connectivity index (χ3n) is 4.19. The van der Waals surface area contributed by atoms with E-state index in [9.17, 15) is 8.42 Å². The molecule has 0 fully saturated rings. The fourth-order valence-electron chi connectivity index (χ4n) is 3.00. The topological polar surface area (TPSA) is 43.4 Å². The van der Waals surface area contributed by atoms with Crippen LogP contribution < -0.4 is 15.9 Å². The Balaban J connectivity index is 2.34. The summed E-state index contributed by atoms with van der Waals surface area (Å²) in [5.41, 5.74) is 1.20. The normalized spacial score (nSPS) is 12.1. The molecule has 5 heteroatoms. The summed E-state index contributed by atoms with van der Waals surface area (Å²) < 4.78 is 30.5. The molecule has 0 atom stereocenters. The summed E-state index contributed by atoms with van der Waals surface area (Å²) in [6.45, 7) is 2.10. The summed E-state index contributed by atoms with van der Waals surface area (Å²) in [6, 6.07) is 27.4. The molecular formula is C21H22O3PS+. The van der Waals surface area contributed by atoms with Gasteiger partial charge in [-0.25, -0.2) is 0 Å². The van der Waals surface area contributed by atoms with Crippen LogP contribution in [0.4, 0.5) is 0 Å². The molecule has 0 aliphatic rings. The van der Waals surface area contributed by atoms with Crippen LogP contribution in [0.5, 0.6) is 0 Å². The Hall–Kier alpha value is -2.00. The van der Waals surface area contributed by atoms with Crippen LogP contribution in [0.15, 0.2) is 84.9 Å². The van der Waals surface area contributed by atoms with Gasteiger partial charge < -0.3 is 0 Å². The molecule has 0 radical (unpaired) electrons. The van der Waals surface area contributed by atoms with Crippen LogP contribution in [0.25, 0.3) is 0 Å². The maximum Gasteiger partial charge on any atom is 0.297 e. The zero-order valence-electron chi connectivity index (χ0n) is 14.9. The van der Waals surface area contributed by atoms with Gasteiger partial charge in [-0.1, -0.05) is 59.4 Å². The molecule has 134 valence electrons. The van der Waals surface area contributed by atoms with Gasteiger partial charge >= 0.3 is 0 Å². The summed E-state index contributed by atoms with van der Waals surface area (Å²) >= 11 is 0. The molecular weight excluding hydrogens is 363 g/mol. The van der Waals surface area contributed by atoms with Gasteiger partial charge in [0.2, 0.25) is 0 Å². The summed E-state index contributed by atoms with van der Waals surface area (Å²) in [5.74, 6) is 0. The van der Waals surface area contributed by atoms with Crippen molar-refractivity contribution in [3.05, 3.63) is 90.5 Å². The second kappa shape index (κ2) is 7.71. The molecule has 0 heterocycles. The predicted octanol–water partition coefficient (Wildman–Crippen LogP) is 3.43. The Morgan fingerprint density at radius 3 is 1.54 bits per heavy atom. The Kier molecular flexibility index (Phi) is 5.57. The van der Waals surface area contributed by atoms with Crippen molar-refractivity contribution >= 4 is 33.5 Å². The highest BCUT2D eigenvalue weighted by Gasteiger charge is 2.51. The largest absolute Gasteiger partial charge is 0.297 e. The number of benzene rings is 3. The van der Waals surface area contributed by atoms with Gasteiger partial charge in [-0.15, -0.1) is 0 Å². The van der Waals surface area contributed by atoms with E-state index in [0.717, 1.165) is 28.6 Å². The Labute approximate surface area is 156 Å². The maximum atomic E-state index is 12.3. The first-order valence-electron chi connectivity index (χ1n) is 8.47. The Morgan fingerprint density at radius 2 is 1.15 bits per heavy atom. The molecule has 0 unspecified atom stereocenters. The minimum atomic E-state index is -3.69. The van der Waals surface area contributed by atoms with Gasteiger partial charge in [0.15, 0.2) is 0 Å². The predicted molar refractivity (Wildman–Crippen MR) is 110 cm³/mol. The summed E-state index contributed by atoms with van der Waals surface area (Å²) in [4.78, 5) is 0. The average Bonchev–Trinajstić information content (AvgIpc) is 2.67. The molecule has 3 rings (SSSR count). The first kappa shape index (κ1) is 18.8. The third kappa shape index (κ3) is 3.88. The molecule has 0 amide bonds. The number of rotatable bonds is 6. The highest BCUT2D eigenvalue weighted by Crippen LogP contribution is 2.57. The molecule has 3 nitrogen and oxygen atoms in total. The second-order valence-corrected chi connectivity index (χ2v) is 10.9. The van der Waals surface area contributed by atoms with Gasteiger partial charge in [0.25, 0.3) is 17.6 Å². The number of hydrogen-bond acceptors (Lipinski definition) is 3. The van der Waals surface area contributed by atoms with Crippen molar-refractivity contribution in [1.82, 2.24) is 0 Å². The standard InChI is InChI=1S/C21H22O3PS/c1-3-18-14-16-21(17-15-18)25(24-26(2,22)23,19-10-6-4-7-11-19)20-12-8-5-9-13-20/h4-17H,3H2,1-2H3/q+1. The van der Waals surface area contributed by atoms with Gasteiger partial charge in [-0.05, 0) is 48.4 Å². The van der Waals surface area contributed by atoms with Gasteiger partial charge in [-0.2, -0.15) is 8.42 Å². The highest BCUT2D eigenvalue weighted by molar-refractivity contribution is 8.01. The van der Waals surface area contributed by atoms with E-state index in [1.54, 1.807) is 0 Å². The van der Waals surface area contributed by atoms with E-state index in [0.29, 0.717) is 0 Å². The van der Waals surface area contributed by atoms with Crippen LogP contribution in [0.1, 0.15) is 12.5 Å². The van der Waals surface area contributed by atoms with Crippen molar-refractivity contribution in [2.24, 2.45) is 0 Å². The van der Waals surface area contributed by atoms with Crippen molar-refractivity contribution in [2.45, 2.75) is 13.3 Å². The fraction of sp³-hybridized carbons (Fsp3) is 0.143. The minimum Gasteiger partial charge on any atom is -0.197 e. The van der Waals surface area contributed by atoms with Crippen LogP contribution in [-0.4, -0.2) is 14.7 Å².